The molecule has 6 nitrogen and oxygen atoms in total. The second-order valence-corrected chi connectivity index (χ2v) is 9.85. The van der Waals surface area contributed by atoms with Gasteiger partial charge in [-0.15, -0.1) is 15.3 Å². The lowest BCUT2D eigenvalue weighted by Gasteiger charge is -2.06. The average molecular weight is 515 g/mol. The van der Waals surface area contributed by atoms with Crippen LogP contribution in [0.3, 0.4) is 0 Å². The van der Waals surface area contributed by atoms with Crippen molar-refractivity contribution in [2.45, 2.75) is 17.7 Å². The zero-order chi connectivity index (χ0) is 21.6. The van der Waals surface area contributed by atoms with Crippen molar-refractivity contribution in [1.82, 2.24) is 19.8 Å². The van der Waals surface area contributed by atoms with Crippen molar-refractivity contribution in [2.24, 2.45) is 0 Å². The van der Waals surface area contributed by atoms with E-state index in [0.717, 1.165) is 43.1 Å². The zero-order valence-corrected chi connectivity index (χ0v) is 19.9. The lowest BCUT2D eigenvalue weighted by molar-refractivity contribution is 0.104. The Hall–Kier alpha value is -2.49. The van der Waals surface area contributed by atoms with E-state index in [9.17, 15) is 4.79 Å². The van der Waals surface area contributed by atoms with Gasteiger partial charge in [-0.1, -0.05) is 57.2 Å². The highest BCUT2D eigenvalue weighted by molar-refractivity contribution is 9.10. The van der Waals surface area contributed by atoms with Gasteiger partial charge >= 0.3 is 0 Å². The molecule has 2 aromatic heterocycles. The first kappa shape index (κ1) is 21.7. The molecule has 0 radical (unpaired) electrons. The van der Waals surface area contributed by atoms with Crippen LogP contribution in [-0.4, -0.2) is 38.0 Å². The Morgan fingerprint density at radius 1 is 1.16 bits per heavy atom. The minimum Gasteiger partial charge on any atom is -0.494 e. The van der Waals surface area contributed by atoms with Gasteiger partial charge in [-0.2, -0.15) is 4.52 Å². The Morgan fingerprint density at radius 3 is 2.68 bits per heavy atom. The molecule has 0 saturated carbocycles. The molecule has 0 unspecified atom stereocenters. The topological polar surface area (TPSA) is 69.4 Å². The molecule has 0 fully saturated rings. The van der Waals surface area contributed by atoms with Gasteiger partial charge in [0.25, 0.3) is 0 Å². The molecule has 0 saturated heterocycles. The Labute approximate surface area is 196 Å². The third-order valence-corrected chi connectivity index (χ3v) is 6.99. The second-order valence-electron chi connectivity index (χ2n) is 6.63. The lowest BCUT2D eigenvalue weighted by Crippen LogP contribution is -2.00. The average Bonchev–Trinajstić information content (AvgIpc) is 3.34. The van der Waals surface area contributed by atoms with E-state index in [1.54, 1.807) is 45.8 Å². The van der Waals surface area contributed by atoms with Gasteiger partial charge in [-0.25, -0.2) is 0 Å². The van der Waals surface area contributed by atoms with E-state index in [0.29, 0.717) is 12.2 Å². The first-order valence-electron chi connectivity index (χ1n) is 9.61. The fourth-order valence-electron chi connectivity index (χ4n) is 2.72. The summed E-state index contributed by atoms with van der Waals surface area (Å²) < 4.78 is 9.54. The summed E-state index contributed by atoms with van der Waals surface area (Å²) in [6.07, 6.45) is 4.29. The van der Waals surface area contributed by atoms with E-state index in [1.165, 1.54) is 0 Å². The van der Waals surface area contributed by atoms with Crippen molar-refractivity contribution in [2.75, 3.05) is 12.4 Å². The standard InChI is InChI=1S/C22H19BrN4O2S2/c1-15-24-25-21-27(15)26-22(31-21)30-14-2-13-29-19-10-6-17(7-11-19)20(28)12-5-16-3-8-18(23)9-4-16/h3-12H,2,13-14H2,1H3/b12-5+. The number of fused-ring (bicyclic) bond motifs is 1. The Bertz CT molecular complexity index is 1200. The van der Waals surface area contributed by atoms with Crippen LogP contribution in [0, 0.1) is 6.92 Å². The lowest BCUT2D eigenvalue weighted by atomic mass is 10.1. The smallest absolute Gasteiger partial charge is 0.235 e. The van der Waals surface area contributed by atoms with Crippen LogP contribution >= 0.6 is 39.0 Å². The molecule has 0 aliphatic rings. The summed E-state index contributed by atoms with van der Waals surface area (Å²) in [5.74, 6) is 2.42. The van der Waals surface area contributed by atoms with Crippen LogP contribution in [0.2, 0.25) is 0 Å². The van der Waals surface area contributed by atoms with Crippen molar-refractivity contribution in [3.63, 3.8) is 0 Å². The molecular formula is C22H19BrN4O2S2. The van der Waals surface area contributed by atoms with Gasteiger partial charge in [0.05, 0.1) is 6.61 Å². The Kier molecular flexibility index (Phi) is 7.16. The summed E-state index contributed by atoms with van der Waals surface area (Å²) in [4.78, 5) is 13.2. The summed E-state index contributed by atoms with van der Waals surface area (Å²) in [6.45, 7) is 2.49. The summed E-state index contributed by atoms with van der Waals surface area (Å²) in [5.41, 5.74) is 1.61. The fraction of sp³-hybridized carbons (Fsp3) is 0.182. The number of carbonyl (C=O) groups excluding carboxylic acids is 1. The molecule has 0 amide bonds. The molecule has 31 heavy (non-hydrogen) atoms. The Morgan fingerprint density at radius 2 is 1.94 bits per heavy atom. The molecule has 2 aromatic carbocycles. The number of ketones is 1. The number of allylic oxidation sites excluding steroid dienone is 1. The van der Waals surface area contributed by atoms with Crippen molar-refractivity contribution in [3.8, 4) is 5.75 Å². The number of thioether (sulfide) groups is 1. The van der Waals surface area contributed by atoms with Crippen molar-refractivity contribution >= 4 is 55.8 Å². The molecule has 0 N–H and O–H groups in total. The second kappa shape index (κ2) is 10.2. The molecule has 0 spiro atoms. The van der Waals surface area contributed by atoms with Gasteiger partial charge in [0.1, 0.15) is 5.75 Å². The molecular weight excluding hydrogens is 496 g/mol. The zero-order valence-electron chi connectivity index (χ0n) is 16.7. The maximum Gasteiger partial charge on any atom is 0.235 e. The van der Waals surface area contributed by atoms with E-state index >= 15 is 0 Å². The van der Waals surface area contributed by atoms with E-state index in [4.69, 9.17) is 4.74 Å². The maximum atomic E-state index is 12.3. The molecule has 0 bridgehead atoms. The summed E-state index contributed by atoms with van der Waals surface area (Å²) >= 11 is 6.63. The normalized spacial score (nSPS) is 11.4. The van der Waals surface area contributed by atoms with Crippen LogP contribution in [0.15, 0.2) is 63.4 Å². The summed E-state index contributed by atoms with van der Waals surface area (Å²) in [7, 11) is 0. The van der Waals surface area contributed by atoms with Crippen molar-refractivity contribution < 1.29 is 9.53 Å². The quantitative estimate of drug-likeness (QED) is 0.123. The number of ether oxygens (including phenoxy) is 1. The highest BCUT2D eigenvalue weighted by Crippen LogP contribution is 2.25. The first-order chi connectivity index (χ1) is 15.1. The van der Waals surface area contributed by atoms with Crippen molar-refractivity contribution in [1.29, 1.82) is 0 Å². The van der Waals surface area contributed by atoms with Crippen LogP contribution in [-0.2, 0) is 0 Å². The molecule has 0 aliphatic heterocycles. The minimum atomic E-state index is -0.0360. The van der Waals surface area contributed by atoms with Gasteiger partial charge < -0.3 is 4.74 Å². The Balaban J connectivity index is 1.21. The highest BCUT2D eigenvalue weighted by atomic mass is 79.9. The van der Waals surface area contributed by atoms with Crippen LogP contribution in [0.4, 0.5) is 0 Å². The van der Waals surface area contributed by atoms with Gasteiger partial charge in [0.2, 0.25) is 4.96 Å². The number of halogens is 1. The van der Waals surface area contributed by atoms with Crippen LogP contribution in [0.1, 0.15) is 28.2 Å². The van der Waals surface area contributed by atoms with Gasteiger partial charge in [-0.3, -0.25) is 4.79 Å². The number of aryl methyl sites for hydroxylation is 1. The van der Waals surface area contributed by atoms with Crippen molar-refractivity contribution in [3.05, 3.63) is 76.0 Å². The van der Waals surface area contributed by atoms with Gasteiger partial charge in [0, 0.05) is 15.8 Å². The number of carbonyl (C=O) groups is 1. The molecule has 158 valence electrons. The van der Waals surface area contributed by atoms with E-state index in [1.807, 2.05) is 49.4 Å². The monoisotopic (exact) mass is 514 g/mol. The predicted octanol–water partition coefficient (Wildman–Crippen LogP) is 5.71. The summed E-state index contributed by atoms with van der Waals surface area (Å²) in [6, 6.07) is 15.0. The third kappa shape index (κ3) is 5.81. The molecule has 4 rings (SSSR count). The fourth-order valence-corrected chi connectivity index (χ4v) is 4.89. The number of hydrogen-bond acceptors (Lipinski definition) is 7. The molecule has 0 atom stereocenters. The van der Waals surface area contributed by atoms with E-state index in [2.05, 4.69) is 31.2 Å². The third-order valence-electron chi connectivity index (χ3n) is 4.35. The van der Waals surface area contributed by atoms with Crippen LogP contribution in [0.5, 0.6) is 5.75 Å². The maximum absolute atomic E-state index is 12.3. The number of hydrogen-bond donors (Lipinski definition) is 0. The summed E-state index contributed by atoms with van der Waals surface area (Å²) in [5, 5.41) is 12.5. The molecule has 0 aliphatic carbocycles. The number of nitrogens with zero attached hydrogens (tertiary/aromatic N) is 4. The largest absolute Gasteiger partial charge is 0.494 e. The number of aromatic nitrogens is 4. The minimum absolute atomic E-state index is 0.0360. The van der Waals surface area contributed by atoms with Crippen LogP contribution in [0.25, 0.3) is 11.0 Å². The molecule has 4 aromatic rings. The highest BCUT2D eigenvalue weighted by Gasteiger charge is 2.08. The van der Waals surface area contributed by atoms with Gasteiger partial charge in [0.15, 0.2) is 15.9 Å². The predicted molar refractivity (Wildman–Crippen MR) is 128 cm³/mol. The molecule has 9 heteroatoms. The van der Waals surface area contributed by atoms with E-state index < -0.39 is 0 Å². The molecule has 2 heterocycles. The SMILES string of the molecule is Cc1nnc2sc(SCCCOc3ccc(C(=O)/C=C/c4ccc(Br)cc4)cc3)nn12. The van der Waals surface area contributed by atoms with Gasteiger partial charge in [-0.05, 0) is 61.4 Å². The van der Waals surface area contributed by atoms with Crippen LogP contribution < -0.4 is 4.74 Å². The number of rotatable bonds is 9. The van der Waals surface area contributed by atoms with E-state index in [-0.39, 0.29) is 5.78 Å². The first-order valence-corrected chi connectivity index (χ1v) is 12.2. The number of benzene rings is 2.